The third-order valence-electron chi connectivity index (χ3n) is 3.24. The molecule has 2 rings (SSSR count). The van der Waals surface area contributed by atoms with Crippen LogP contribution in [-0.2, 0) is 22.3 Å². The molecule has 0 aliphatic heterocycles. The normalized spacial score (nSPS) is 11.3. The minimum absolute atomic E-state index is 0.0242. The molecule has 2 aromatic carbocycles. The molecule has 21 heavy (non-hydrogen) atoms. The standard InChI is InChI=1S/C16H20N2O2S/c1-2-18(16-9-4-3-5-10-16)21(19,20)13-15-8-6-7-14(11-15)12-17/h3-11H,2,12-13,17H2,1H3. The number of nitrogens with two attached hydrogens (primary N) is 1. The molecule has 0 saturated carbocycles. The van der Waals surface area contributed by atoms with Gasteiger partial charge < -0.3 is 5.73 Å². The SMILES string of the molecule is CCN(c1ccccc1)S(=O)(=O)Cc1cccc(CN)c1. The summed E-state index contributed by atoms with van der Waals surface area (Å²) in [4.78, 5) is 0. The van der Waals surface area contributed by atoms with Gasteiger partial charge in [0.15, 0.2) is 0 Å². The third-order valence-corrected chi connectivity index (χ3v) is 5.08. The molecule has 2 aromatic rings. The number of rotatable bonds is 6. The minimum Gasteiger partial charge on any atom is -0.326 e. The zero-order valence-corrected chi connectivity index (χ0v) is 12.9. The molecule has 0 unspecified atom stereocenters. The molecule has 0 spiro atoms. The largest absolute Gasteiger partial charge is 0.326 e. The second kappa shape index (κ2) is 6.74. The van der Waals surface area contributed by atoms with Gasteiger partial charge in [0.2, 0.25) is 10.0 Å². The first-order valence-corrected chi connectivity index (χ1v) is 8.51. The number of hydrogen-bond donors (Lipinski definition) is 1. The molecule has 0 saturated heterocycles. The van der Waals surface area contributed by atoms with Crippen LogP contribution >= 0.6 is 0 Å². The molecule has 0 aliphatic carbocycles. The lowest BCUT2D eigenvalue weighted by Gasteiger charge is -2.23. The van der Waals surface area contributed by atoms with Gasteiger partial charge in [-0.2, -0.15) is 0 Å². The van der Waals surface area contributed by atoms with Crippen LogP contribution in [0.15, 0.2) is 54.6 Å². The number of hydrogen-bond acceptors (Lipinski definition) is 3. The van der Waals surface area contributed by atoms with E-state index in [9.17, 15) is 8.42 Å². The van der Waals surface area contributed by atoms with Gasteiger partial charge in [0.1, 0.15) is 0 Å². The van der Waals surface area contributed by atoms with Gasteiger partial charge in [-0.1, -0.05) is 42.5 Å². The lowest BCUT2D eigenvalue weighted by Crippen LogP contribution is -2.31. The van der Waals surface area contributed by atoms with E-state index in [0.717, 1.165) is 11.1 Å². The fraction of sp³-hybridized carbons (Fsp3) is 0.250. The summed E-state index contributed by atoms with van der Waals surface area (Å²) in [5.41, 5.74) is 7.98. The topological polar surface area (TPSA) is 63.4 Å². The van der Waals surface area contributed by atoms with Crippen LogP contribution in [0.25, 0.3) is 0 Å². The van der Waals surface area contributed by atoms with E-state index in [4.69, 9.17) is 5.73 Å². The maximum absolute atomic E-state index is 12.6. The van der Waals surface area contributed by atoms with E-state index in [2.05, 4.69) is 0 Å². The van der Waals surface area contributed by atoms with Gasteiger partial charge in [0, 0.05) is 13.1 Å². The van der Waals surface area contributed by atoms with E-state index in [1.54, 1.807) is 12.1 Å². The molecule has 0 heterocycles. The van der Waals surface area contributed by atoms with Gasteiger partial charge in [-0.25, -0.2) is 8.42 Å². The predicted molar refractivity (Wildman–Crippen MR) is 86.4 cm³/mol. The first-order valence-electron chi connectivity index (χ1n) is 6.90. The molecule has 2 N–H and O–H groups in total. The maximum Gasteiger partial charge on any atom is 0.239 e. The highest BCUT2D eigenvalue weighted by atomic mass is 32.2. The first-order chi connectivity index (χ1) is 10.1. The van der Waals surface area contributed by atoms with E-state index < -0.39 is 10.0 Å². The van der Waals surface area contributed by atoms with Crippen molar-refractivity contribution >= 4 is 15.7 Å². The number of anilines is 1. The van der Waals surface area contributed by atoms with Crippen molar-refractivity contribution in [3.63, 3.8) is 0 Å². The van der Waals surface area contributed by atoms with Crippen LogP contribution < -0.4 is 10.0 Å². The van der Waals surface area contributed by atoms with Gasteiger partial charge in [0.25, 0.3) is 0 Å². The summed E-state index contributed by atoms with van der Waals surface area (Å²) >= 11 is 0. The van der Waals surface area contributed by atoms with Crippen molar-refractivity contribution in [2.75, 3.05) is 10.8 Å². The summed E-state index contributed by atoms with van der Waals surface area (Å²) in [6.45, 7) is 2.65. The van der Waals surface area contributed by atoms with Crippen molar-refractivity contribution in [2.24, 2.45) is 5.73 Å². The quantitative estimate of drug-likeness (QED) is 0.892. The smallest absolute Gasteiger partial charge is 0.239 e. The summed E-state index contributed by atoms with van der Waals surface area (Å²) in [6, 6.07) is 16.5. The molecule has 0 amide bonds. The van der Waals surface area contributed by atoms with Crippen LogP contribution in [0.1, 0.15) is 18.1 Å². The zero-order valence-electron chi connectivity index (χ0n) is 12.1. The Bertz CT molecular complexity index is 684. The summed E-state index contributed by atoms with van der Waals surface area (Å²) in [7, 11) is -3.41. The van der Waals surface area contributed by atoms with E-state index in [0.29, 0.717) is 18.8 Å². The Hall–Kier alpha value is -1.85. The van der Waals surface area contributed by atoms with Gasteiger partial charge in [-0.3, -0.25) is 4.31 Å². The van der Waals surface area contributed by atoms with E-state index in [-0.39, 0.29) is 5.75 Å². The molecular formula is C16H20N2O2S. The fourth-order valence-corrected chi connectivity index (χ4v) is 3.86. The van der Waals surface area contributed by atoms with Crippen molar-refractivity contribution in [3.8, 4) is 0 Å². The van der Waals surface area contributed by atoms with Crippen molar-refractivity contribution < 1.29 is 8.42 Å². The summed E-state index contributed by atoms with van der Waals surface area (Å²) in [5.74, 6) is -0.0242. The third kappa shape index (κ3) is 3.83. The molecule has 0 atom stereocenters. The van der Waals surface area contributed by atoms with Crippen molar-refractivity contribution in [1.29, 1.82) is 0 Å². The average Bonchev–Trinajstić information content (AvgIpc) is 2.48. The highest BCUT2D eigenvalue weighted by molar-refractivity contribution is 7.92. The number of nitrogens with zero attached hydrogens (tertiary/aromatic N) is 1. The van der Waals surface area contributed by atoms with Gasteiger partial charge in [0.05, 0.1) is 11.4 Å². The van der Waals surface area contributed by atoms with Gasteiger partial charge in [-0.15, -0.1) is 0 Å². The molecule has 4 nitrogen and oxygen atoms in total. The van der Waals surface area contributed by atoms with Crippen molar-refractivity contribution in [1.82, 2.24) is 0 Å². The maximum atomic E-state index is 12.6. The zero-order chi connectivity index (χ0) is 15.3. The second-order valence-corrected chi connectivity index (χ2v) is 6.67. The van der Waals surface area contributed by atoms with Crippen LogP contribution in [0.2, 0.25) is 0 Å². The summed E-state index contributed by atoms with van der Waals surface area (Å²) in [6.07, 6.45) is 0. The Kier molecular flexibility index (Phi) is 4.98. The second-order valence-electron chi connectivity index (χ2n) is 4.78. The molecule has 0 aromatic heterocycles. The van der Waals surface area contributed by atoms with Crippen LogP contribution in [0, 0.1) is 0 Å². The average molecular weight is 304 g/mol. The van der Waals surface area contributed by atoms with Crippen LogP contribution in [0.5, 0.6) is 0 Å². The number of benzene rings is 2. The minimum atomic E-state index is -3.41. The van der Waals surface area contributed by atoms with E-state index >= 15 is 0 Å². The molecule has 112 valence electrons. The Labute approximate surface area is 126 Å². The highest BCUT2D eigenvalue weighted by Crippen LogP contribution is 2.20. The fourth-order valence-electron chi connectivity index (χ4n) is 2.27. The highest BCUT2D eigenvalue weighted by Gasteiger charge is 2.21. The van der Waals surface area contributed by atoms with Crippen LogP contribution in [-0.4, -0.2) is 15.0 Å². The lowest BCUT2D eigenvalue weighted by molar-refractivity contribution is 0.591. The summed E-state index contributed by atoms with van der Waals surface area (Å²) in [5, 5.41) is 0. The Balaban J connectivity index is 2.28. The molecular weight excluding hydrogens is 284 g/mol. The van der Waals surface area contributed by atoms with Crippen molar-refractivity contribution in [3.05, 3.63) is 65.7 Å². The number of para-hydroxylation sites is 1. The lowest BCUT2D eigenvalue weighted by atomic mass is 10.1. The monoisotopic (exact) mass is 304 g/mol. The van der Waals surface area contributed by atoms with Crippen molar-refractivity contribution in [2.45, 2.75) is 19.2 Å². The number of sulfonamides is 1. The van der Waals surface area contributed by atoms with E-state index in [1.165, 1.54) is 4.31 Å². The molecule has 0 fully saturated rings. The molecule has 5 heteroatoms. The first kappa shape index (κ1) is 15.5. The van der Waals surface area contributed by atoms with Gasteiger partial charge in [-0.05, 0) is 30.2 Å². The summed E-state index contributed by atoms with van der Waals surface area (Å²) < 4.78 is 26.7. The van der Waals surface area contributed by atoms with Crippen LogP contribution in [0.3, 0.4) is 0 Å². The predicted octanol–water partition coefficient (Wildman–Crippen LogP) is 2.50. The molecule has 0 bridgehead atoms. The van der Waals surface area contributed by atoms with Crippen LogP contribution in [0.4, 0.5) is 5.69 Å². The molecule has 0 radical (unpaired) electrons. The Morgan fingerprint density at radius 2 is 1.67 bits per heavy atom. The van der Waals surface area contributed by atoms with E-state index in [1.807, 2.05) is 49.4 Å². The Morgan fingerprint density at radius 1 is 1.00 bits per heavy atom. The van der Waals surface area contributed by atoms with Gasteiger partial charge >= 0.3 is 0 Å². The molecule has 0 aliphatic rings. The Morgan fingerprint density at radius 3 is 2.29 bits per heavy atom.